The van der Waals surface area contributed by atoms with E-state index in [1.165, 1.54) is 69.0 Å². The Hall–Kier alpha value is -0.850. The summed E-state index contributed by atoms with van der Waals surface area (Å²) in [6.45, 7) is 11.3. The minimum absolute atomic E-state index is 0.313. The van der Waals surface area contributed by atoms with E-state index in [9.17, 15) is 0 Å². The van der Waals surface area contributed by atoms with Gasteiger partial charge in [-0.1, -0.05) is 71.8 Å². The summed E-state index contributed by atoms with van der Waals surface area (Å²) >= 11 is 0. The van der Waals surface area contributed by atoms with Crippen molar-refractivity contribution in [2.45, 2.75) is 97.8 Å². The van der Waals surface area contributed by atoms with Crippen LogP contribution in [0.1, 0.15) is 95.5 Å². The number of nitrogens with zero attached hydrogens (tertiary/aromatic N) is 1. The fourth-order valence-electron chi connectivity index (χ4n) is 3.40. The minimum Gasteiger partial charge on any atom is -0.258 e. The first kappa shape index (κ1) is 18.2. The van der Waals surface area contributed by atoms with Gasteiger partial charge in [-0.2, -0.15) is 0 Å². The first-order valence-electron chi connectivity index (χ1n) is 8.98. The first-order chi connectivity index (χ1) is 10.0. The van der Waals surface area contributed by atoms with Gasteiger partial charge in [0.2, 0.25) is 0 Å². The Morgan fingerprint density at radius 3 is 2.10 bits per heavy atom. The van der Waals surface area contributed by atoms with Gasteiger partial charge in [0.25, 0.3) is 0 Å². The van der Waals surface area contributed by atoms with Gasteiger partial charge in [0.1, 0.15) is 0 Å². The van der Waals surface area contributed by atoms with Crippen molar-refractivity contribution in [2.75, 3.05) is 0 Å². The van der Waals surface area contributed by atoms with E-state index >= 15 is 0 Å². The Balaban J connectivity index is 2.76. The third-order valence-electron chi connectivity index (χ3n) is 4.79. The molecule has 1 heteroatoms. The van der Waals surface area contributed by atoms with Crippen LogP contribution in [0, 0.1) is 13.8 Å². The molecule has 1 rings (SSSR count). The summed E-state index contributed by atoms with van der Waals surface area (Å²) in [6, 6.07) is 4.52. The maximum atomic E-state index is 4.71. The standard InChI is InChI=1S/C20H35N/c1-6-8-10-11-12-16-20(5,15-9-7-2)19-14-13-17(3)21-18(19)4/h13-14H,6-12,15-16H2,1-5H3. The van der Waals surface area contributed by atoms with E-state index in [0.717, 1.165) is 5.69 Å². The maximum Gasteiger partial charge on any atom is 0.0413 e. The van der Waals surface area contributed by atoms with E-state index in [0.29, 0.717) is 5.41 Å². The maximum absolute atomic E-state index is 4.71. The average molecular weight is 290 g/mol. The van der Waals surface area contributed by atoms with E-state index in [2.05, 4.69) is 46.8 Å². The van der Waals surface area contributed by atoms with Gasteiger partial charge in [-0.05, 0) is 43.7 Å². The zero-order valence-corrected chi connectivity index (χ0v) is 15.0. The number of hydrogen-bond acceptors (Lipinski definition) is 1. The molecular weight excluding hydrogens is 254 g/mol. The van der Waals surface area contributed by atoms with Crippen molar-refractivity contribution in [2.24, 2.45) is 0 Å². The molecule has 0 fully saturated rings. The molecule has 21 heavy (non-hydrogen) atoms. The molecule has 1 heterocycles. The highest BCUT2D eigenvalue weighted by Crippen LogP contribution is 2.36. The molecule has 1 aromatic rings. The number of rotatable bonds is 10. The topological polar surface area (TPSA) is 12.9 Å². The molecule has 0 aliphatic carbocycles. The van der Waals surface area contributed by atoms with E-state index in [-0.39, 0.29) is 0 Å². The van der Waals surface area contributed by atoms with E-state index < -0.39 is 0 Å². The number of hydrogen-bond donors (Lipinski definition) is 0. The van der Waals surface area contributed by atoms with Crippen LogP contribution in [0.4, 0.5) is 0 Å². The van der Waals surface area contributed by atoms with Crippen LogP contribution in [0.5, 0.6) is 0 Å². The monoisotopic (exact) mass is 289 g/mol. The molecule has 1 nitrogen and oxygen atoms in total. The summed E-state index contributed by atoms with van der Waals surface area (Å²) in [4.78, 5) is 4.71. The summed E-state index contributed by atoms with van der Waals surface area (Å²) < 4.78 is 0. The molecule has 0 aliphatic rings. The van der Waals surface area contributed by atoms with Crippen molar-refractivity contribution in [1.82, 2.24) is 4.98 Å². The van der Waals surface area contributed by atoms with Gasteiger partial charge in [-0.15, -0.1) is 0 Å². The summed E-state index contributed by atoms with van der Waals surface area (Å²) in [6.07, 6.45) is 12.0. The van der Waals surface area contributed by atoms with E-state index in [1.807, 2.05) is 0 Å². The SMILES string of the molecule is CCCCCCCC(C)(CCCC)c1ccc(C)nc1C. The molecule has 1 aromatic heterocycles. The van der Waals surface area contributed by atoms with Crippen molar-refractivity contribution < 1.29 is 0 Å². The fraction of sp³-hybridized carbons (Fsp3) is 0.750. The summed E-state index contributed by atoms with van der Waals surface area (Å²) in [5.74, 6) is 0. The first-order valence-corrected chi connectivity index (χ1v) is 8.98. The third-order valence-corrected chi connectivity index (χ3v) is 4.79. The van der Waals surface area contributed by atoms with Gasteiger partial charge in [0.15, 0.2) is 0 Å². The molecular formula is C20H35N. The Morgan fingerprint density at radius 1 is 0.857 bits per heavy atom. The van der Waals surface area contributed by atoms with Gasteiger partial charge >= 0.3 is 0 Å². The average Bonchev–Trinajstić information content (AvgIpc) is 2.45. The largest absolute Gasteiger partial charge is 0.258 e. The van der Waals surface area contributed by atoms with Gasteiger partial charge in [-0.3, -0.25) is 4.98 Å². The molecule has 1 atom stereocenters. The van der Waals surface area contributed by atoms with Crippen LogP contribution in [-0.4, -0.2) is 4.98 Å². The van der Waals surface area contributed by atoms with Crippen molar-refractivity contribution in [1.29, 1.82) is 0 Å². The second kappa shape index (κ2) is 9.23. The zero-order chi connectivity index (χ0) is 15.7. The Bertz CT molecular complexity index is 410. The van der Waals surface area contributed by atoms with Gasteiger partial charge in [0.05, 0.1) is 0 Å². The second-order valence-electron chi connectivity index (χ2n) is 6.91. The smallest absolute Gasteiger partial charge is 0.0413 e. The lowest BCUT2D eigenvalue weighted by Gasteiger charge is -2.32. The Morgan fingerprint density at radius 2 is 1.48 bits per heavy atom. The molecule has 1 unspecified atom stereocenters. The Kier molecular flexibility index (Phi) is 8.00. The van der Waals surface area contributed by atoms with Crippen LogP contribution < -0.4 is 0 Å². The highest BCUT2D eigenvalue weighted by Gasteiger charge is 2.27. The van der Waals surface area contributed by atoms with Crippen molar-refractivity contribution >= 4 is 0 Å². The predicted molar refractivity (Wildman–Crippen MR) is 94.0 cm³/mol. The molecule has 0 N–H and O–H groups in total. The third kappa shape index (κ3) is 5.80. The molecule has 0 amide bonds. The summed E-state index contributed by atoms with van der Waals surface area (Å²) in [5, 5.41) is 0. The zero-order valence-electron chi connectivity index (χ0n) is 15.0. The number of aryl methyl sites for hydroxylation is 2. The lowest BCUT2D eigenvalue weighted by atomic mass is 9.73. The van der Waals surface area contributed by atoms with E-state index in [4.69, 9.17) is 4.98 Å². The second-order valence-corrected chi connectivity index (χ2v) is 6.91. The summed E-state index contributed by atoms with van der Waals surface area (Å²) in [5.41, 5.74) is 4.17. The van der Waals surface area contributed by atoms with E-state index in [1.54, 1.807) is 0 Å². The van der Waals surface area contributed by atoms with Crippen LogP contribution in [0.15, 0.2) is 12.1 Å². The van der Waals surface area contributed by atoms with Crippen LogP contribution in [0.25, 0.3) is 0 Å². The normalized spacial score (nSPS) is 14.1. The van der Waals surface area contributed by atoms with Crippen LogP contribution in [0.3, 0.4) is 0 Å². The highest BCUT2D eigenvalue weighted by molar-refractivity contribution is 5.29. The molecule has 0 radical (unpaired) electrons. The highest BCUT2D eigenvalue weighted by atomic mass is 14.7. The molecule has 0 saturated heterocycles. The van der Waals surface area contributed by atoms with Gasteiger partial charge < -0.3 is 0 Å². The molecule has 0 aromatic carbocycles. The Labute approximate surface area is 132 Å². The molecule has 0 saturated carbocycles. The van der Waals surface area contributed by atoms with Crippen molar-refractivity contribution in [3.63, 3.8) is 0 Å². The lowest BCUT2D eigenvalue weighted by molar-refractivity contribution is 0.365. The quantitative estimate of drug-likeness (QED) is 0.447. The van der Waals surface area contributed by atoms with Crippen molar-refractivity contribution in [3.8, 4) is 0 Å². The van der Waals surface area contributed by atoms with Gasteiger partial charge in [0, 0.05) is 11.4 Å². The predicted octanol–water partition coefficient (Wildman–Crippen LogP) is 6.51. The van der Waals surface area contributed by atoms with Crippen LogP contribution in [-0.2, 0) is 5.41 Å². The summed E-state index contributed by atoms with van der Waals surface area (Å²) in [7, 11) is 0. The number of aromatic nitrogens is 1. The number of pyridine rings is 1. The molecule has 0 bridgehead atoms. The van der Waals surface area contributed by atoms with Crippen molar-refractivity contribution in [3.05, 3.63) is 29.1 Å². The lowest BCUT2D eigenvalue weighted by Crippen LogP contribution is -2.24. The number of unbranched alkanes of at least 4 members (excludes halogenated alkanes) is 5. The van der Waals surface area contributed by atoms with Gasteiger partial charge in [-0.25, -0.2) is 0 Å². The molecule has 120 valence electrons. The minimum atomic E-state index is 0.313. The van der Waals surface area contributed by atoms with Crippen LogP contribution >= 0.6 is 0 Å². The molecule has 0 aliphatic heterocycles. The fourth-order valence-corrected chi connectivity index (χ4v) is 3.40. The molecule has 0 spiro atoms. The van der Waals surface area contributed by atoms with Crippen LogP contribution in [0.2, 0.25) is 0 Å².